The monoisotopic (exact) mass is 302 g/mol. The third-order valence-corrected chi connectivity index (χ3v) is 9.02. The van der Waals surface area contributed by atoms with E-state index in [9.17, 15) is 4.79 Å². The first-order valence-electron chi connectivity index (χ1n) is 10.0. The third-order valence-electron chi connectivity index (χ3n) is 9.02. The first-order valence-corrected chi connectivity index (χ1v) is 10.0. The molecule has 22 heavy (non-hydrogen) atoms. The molecule has 4 saturated carbocycles. The van der Waals surface area contributed by atoms with Gasteiger partial charge >= 0.3 is 0 Å². The van der Waals surface area contributed by atoms with E-state index in [0.717, 1.165) is 24.2 Å². The van der Waals surface area contributed by atoms with Gasteiger partial charge in [-0.05, 0) is 73.0 Å². The lowest BCUT2D eigenvalue weighted by Gasteiger charge is -2.60. The van der Waals surface area contributed by atoms with Crippen LogP contribution in [-0.2, 0) is 4.79 Å². The quantitative estimate of drug-likeness (QED) is 0.614. The Balaban J connectivity index is 1.67. The Morgan fingerprint density at radius 1 is 1.00 bits per heavy atom. The first kappa shape index (κ1) is 15.2. The van der Waals surface area contributed by atoms with Gasteiger partial charge in [0.25, 0.3) is 0 Å². The van der Waals surface area contributed by atoms with E-state index >= 15 is 0 Å². The summed E-state index contributed by atoms with van der Waals surface area (Å²) >= 11 is 0. The van der Waals surface area contributed by atoms with Gasteiger partial charge in [0.2, 0.25) is 0 Å². The van der Waals surface area contributed by atoms with Crippen molar-refractivity contribution in [3.05, 3.63) is 0 Å². The lowest BCUT2D eigenvalue weighted by Crippen LogP contribution is -2.53. The average Bonchev–Trinajstić information content (AvgIpc) is 2.77. The number of rotatable bonds is 1. The van der Waals surface area contributed by atoms with E-state index in [4.69, 9.17) is 0 Å². The van der Waals surface area contributed by atoms with E-state index < -0.39 is 0 Å². The third kappa shape index (κ3) is 1.86. The van der Waals surface area contributed by atoms with E-state index in [1.54, 1.807) is 0 Å². The molecular formula is C21H34O. The number of ketones is 1. The highest BCUT2D eigenvalue weighted by atomic mass is 16.1. The highest BCUT2D eigenvalue weighted by Gasteiger charge is 2.61. The Morgan fingerprint density at radius 2 is 1.82 bits per heavy atom. The van der Waals surface area contributed by atoms with Crippen molar-refractivity contribution in [2.24, 2.45) is 40.4 Å². The second-order valence-corrected chi connectivity index (χ2v) is 9.59. The van der Waals surface area contributed by atoms with Crippen molar-refractivity contribution in [1.29, 1.82) is 0 Å². The van der Waals surface area contributed by atoms with Crippen LogP contribution in [0.1, 0.15) is 85.0 Å². The number of carbonyl (C=O) groups is 1. The number of Topliss-reactive ketones (excluding diaryl/α,β-unsaturated/α-hetero) is 1. The summed E-state index contributed by atoms with van der Waals surface area (Å²) in [6.45, 7) is 7.38. The molecule has 1 heteroatoms. The van der Waals surface area contributed by atoms with E-state index in [2.05, 4.69) is 20.8 Å². The van der Waals surface area contributed by atoms with Gasteiger partial charge in [0.05, 0.1) is 0 Å². The maximum Gasteiger partial charge on any atom is 0.137 e. The zero-order chi connectivity index (χ0) is 15.5. The second kappa shape index (κ2) is 5.08. The summed E-state index contributed by atoms with van der Waals surface area (Å²) in [7, 11) is 0. The highest BCUT2D eigenvalue weighted by Crippen LogP contribution is 2.66. The molecule has 7 atom stereocenters. The SMILES string of the molecule is CC[C@H]1CC(=O)[C@@H]2[C@@H]3CC[C@H]4CCCC[C@]4(C)[C@H]3CC[C@]12C. The fourth-order valence-corrected chi connectivity index (χ4v) is 7.81. The van der Waals surface area contributed by atoms with Crippen LogP contribution in [0.3, 0.4) is 0 Å². The molecule has 0 saturated heterocycles. The van der Waals surface area contributed by atoms with Crippen molar-refractivity contribution in [1.82, 2.24) is 0 Å². The van der Waals surface area contributed by atoms with Crippen LogP contribution in [0.2, 0.25) is 0 Å². The van der Waals surface area contributed by atoms with Gasteiger partial charge in [-0.15, -0.1) is 0 Å². The van der Waals surface area contributed by atoms with Crippen molar-refractivity contribution in [3.63, 3.8) is 0 Å². The van der Waals surface area contributed by atoms with Crippen LogP contribution in [0, 0.1) is 40.4 Å². The lowest BCUT2D eigenvalue weighted by atomic mass is 9.45. The average molecular weight is 303 g/mol. The second-order valence-electron chi connectivity index (χ2n) is 9.59. The van der Waals surface area contributed by atoms with Gasteiger partial charge in [-0.1, -0.05) is 40.0 Å². The molecule has 0 heterocycles. The minimum Gasteiger partial charge on any atom is -0.299 e. The fraction of sp³-hybridized carbons (Fsp3) is 0.952. The summed E-state index contributed by atoms with van der Waals surface area (Å²) in [6.07, 6.45) is 13.4. The zero-order valence-corrected chi connectivity index (χ0v) is 14.9. The molecule has 4 rings (SSSR count). The normalized spacial score (nSPS) is 54.5. The predicted octanol–water partition coefficient (Wildman–Crippen LogP) is 5.62. The van der Waals surface area contributed by atoms with Crippen molar-refractivity contribution >= 4 is 5.78 Å². The summed E-state index contributed by atoms with van der Waals surface area (Å²) in [4.78, 5) is 12.9. The maximum atomic E-state index is 12.9. The van der Waals surface area contributed by atoms with Gasteiger partial charge < -0.3 is 0 Å². The van der Waals surface area contributed by atoms with Crippen molar-refractivity contribution in [2.75, 3.05) is 0 Å². The Morgan fingerprint density at radius 3 is 2.59 bits per heavy atom. The summed E-state index contributed by atoms with van der Waals surface area (Å²) in [5.74, 6) is 4.26. The van der Waals surface area contributed by atoms with Crippen molar-refractivity contribution in [3.8, 4) is 0 Å². The Bertz CT molecular complexity index is 469. The molecule has 4 fully saturated rings. The highest BCUT2D eigenvalue weighted by molar-refractivity contribution is 5.85. The van der Waals surface area contributed by atoms with Crippen LogP contribution in [0.15, 0.2) is 0 Å². The van der Waals surface area contributed by atoms with E-state index in [0.29, 0.717) is 28.4 Å². The molecule has 1 nitrogen and oxygen atoms in total. The van der Waals surface area contributed by atoms with Gasteiger partial charge in [-0.2, -0.15) is 0 Å². The largest absolute Gasteiger partial charge is 0.299 e. The maximum absolute atomic E-state index is 12.9. The van der Waals surface area contributed by atoms with Crippen LogP contribution >= 0.6 is 0 Å². The number of hydrogen-bond donors (Lipinski definition) is 0. The Kier molecular flexibility index (Phi) is 3.51. The molecule has 4 aliphatic rings. The molecule has 0 amide bonds. The minimum absolute atomic E-state index is 0.338. The fourth-order valence-electron chi connectivity index (χ4n) is 7.81. The first-order chi connectivity index (χ1) is 10.5. The summed E-state index contributed by atoms with van der Waals surface area (Å²) < 4.78 is 0. The number of hydrogen-bond acceptors (Lipinski definition) is 1. The number of carbonyl (C=O) groups excluding carboxylic acids is 1. The van der Waals surface area contributed by atoms with Crippen LogP contribution in [0.4, 0.5) is 0 Å². The van der Waals surface area contributed by atoms with Crippen LogP contribution in [0.5, 0.6) is 0 Å². The summed E-state index contributed by atoms with van der Waals surface area (Å²) in [5.41, 5.74) is 0.901. The molecule has 0 unspecified atom stereocenters. The standard InChI is InChI=1S/C21H34O/c1-4-14-13-18(22)19-16-9-8-15-7-5-6-11-20(15,2)17(16)10-12-21(14,19)3/h14-17,19H,4-13H2,1-3H3/t14-,15+,16+,17-,19-,20-,21+/m0/s1. The molecule has 4 aliphatic carbocycles. The topological polar surface area (TPSA) is 17.1 Å². The molecule has 0 spiro atoms. The number of fused-ring (bicyclic) bond motifs is 5. The molecule has 0 bridgehead atoms. The van der Waals surface area contributed by atoms with Crippen LogP contribution in [0.25, 0.3) is 0 Å². The Labute approximate surface area is 136 Å². The van der Waals surface area contributed by atoms with Crippen LogP contribution in [-0.4, -0.2) is 5.78 Å². The minimum atomic E-state index is 0.338. The Hall–Kier alpha value is -0.330. The molecule has 124 valence electrons. The molecule has 0 aromatic carbocycles. The van der Waals surface area contributed by atoms with Gasteiger partial charge in [-0.25, -0.2) is 0 Å². The van der Waals surface area contributed by atoms with Gasteiger partial charge in [0.15, 0.2) is 0 Å². The van der Waals surface area contributed by atoms with Gasteiger partial charge in [0, 0.05) is 12.3 Å². The van der Waals surface area contributed by atoms with Crippen LogP contribution < -0.4 is 0 Å². The molecule has 0 N–H and O–H groups in total. The van der Waals surface area contributed by atoms with E-state index in [-0.39, 0.29) is 0 Å². The van der Waals surface area contributed by atoms with E-state index in [1.165, 1.54) is 57.8 Å². The molecule has 0 aromatic heterocycles. The lowest BCUT2D eigenvalue weighted by molar-refractivity contribution is -0.140. The van der Waals surface area contributed by atoms with Gasteiger partial charge in [0.1, 0.15) is 5.78 Å². The summed E-state index contributed by atoms with van der Waals surface area (Å²) in [6, 6.07) is 0. The van der Waals surface area contributed by atoms with Crippen molar-refractivity contribution < 1.29 is 4.79 Å². The predicted molar refractivity (Wildman–Crippen MR) is 90.5 cm³/mol. The summed E-state index contributed by atoms with van der Waals surface area (Å²) in [5, 5.41) is 0. The van der Waals surface area contributed by atoms with Crippen molar-refractivity contribution in [2.45, 2.75) is 85.0 Å². The molecule has 0 aliphatic heterocycles. The van der Waals surface area contributed by atoms with Gasteiger partial charge in [-0.3, -0.25) is 4.79 Å². The van der Waals surface area contributed by atoms with E-state index in [1.807, 2.05) is 0 Å². The molecular weight excluding hydrogens is 268 g/mol. The smallest absolute Gasteiger partial charge is 0.137 e. The zero-order valence-electron chi connectivity index (χ0n) is 14.9. The molecule has 0 radical (unpaired) electrons. The molecule has 0 aromatic rings.